The third-order valence-electron chi connectivity index (χ3n) is 4.14. The molecule has 7 nitrogen and oxygen atoms in total. The highest BCUT2D eigenvalue weighted by atomic mass is 35.5. The molecule has 3 aromatic heterocycles. The van der Waals surface area contributed by atoms with E-state index in [1.807, 2.05) is 13.8 Å². The zero-order valence-corrected chi connectivity index (χ0v) is 15.2. The van der Waals surface area contributed by atoms with Crippen LogP contribution in [-0.2, 0) is 6.54 Å². The second-order valence-corrected chi connectivity index (χ2v) is 6.20. The molecule has 0 bridgehead atoms. The van der Waals surface area contributed by atoms with E-state index in [2.05, 4.69) is 15.0 Å². The number of ketones is 1. The number of hydrogen-bond acceptors (Lipinski definition) is 6. The maximum atomic E-state index is 12.0. The van der Waals surface area contributed by atoms with Gasteiger partial charge in [0.15, 0.2) is 5.78 Å². The molecule has 0 saturated heterocycles. The third kappa shape index (κ3) is 2.91. The monoisotopic (exact) mass is 359 g/mol. The van der Waals surface area contributed by atoms with Crippen LogP contribution in [0.25, 0.3) is 11.0 Å². The molecule has 0 atom stereocenters. The zero-order chi connectivity index (χ0) is 18.3. The Bertz CT molecular complexity index is 997. The van der Waals surface area contributed by atoms with Gasteiger partial charge in [-0.15, -0.1) is 0 Å². The lowest BCUT2D eigenvalue weighted by atomic mass is 10.1. The van der Waals surface area contributed by atoms with Crippen molar-refractivity contribution < 1.29 is 9.53 Å². The van der Waals surface area contributed by atoms with Gasteiger partial charge in [0, 0.05) is 29.1 Å². The summed E-state index contributed by atoms with van der Waals surface area (Å²) in [6.07, 6.45) is 3.47. The van der Waals surface area contributed by atoms with Gasteiger partial charge in [0.1, 0.15) is 16.5 Å². The predicted octanol–water partition coefficient (Wildman–Crippen LogP) is 2.94. The summed E-state index contributed by atoms with van der Waals surface area (Å²) in [7, 11) is 1.63. The van der Waals surface area contributed by atoms with Crippen LogP contribution >= 0.6 is 11.6 Å². The molecule has 0 amide bonds. The summed E-state index contributed by atoms with van der Waals surface area (Å²) in [5.41, 5.74) is 9.38. The van der Waals surface area contributed by atoms with E-state index < -0.39 is 0 Å². The second kappa shape index (κ2) is 6.33. The van der Waals surface area contributed by atoms with Crippen molar-refractivity contribution in [1.82, 2.24) is 19.5 Å². The van der Waals surface area contributed by atoms with Crippen molar-refractivity contribution >= 4 is 34.4 Å². The molecule has 0 saturated carbocycles. The van der Waals surface area contributed by atoms with Crippen molar-refractivity contribution in [1.29, 1.82) is 0 Å². The van der Waals surface area contributed by atoms with Gasteiger partial charge in [-0.25, -0.2) is 4.98 Å². The van der Waals surface area contributed by atoms with E-state index >= 15 is 0 Å². The number of aromatic nitrogens is 4. The van der Waals surface area contributed by atoms with Crippen molar-refractivity contribution in [3.63, 3.8) is 0 Å². The molecule has 0 unspecified atom stereocenters. The van der Waals surface area contributed by atoms with Crippen LogP contribution in [-0.4, -0.2) is 32.4 Å². The lowest BCUT2D eigenvalue weighted by Crippen LogP contribution is -2.07. The van der Waals surface area contributed by atoms with Crippen LogP contribution in [0, 0.1) is 13.8 Å². The third-order valence-corrected chi connectivity index (χ3v) is 4.41. The first kappa shape index (κ1) is 17.2. The standard InChI is InChI=1S/C17H18ClN5O2/c1-8-5-20-12(9(2)14(8)25-4)7-23-6-11(10(3)24)13-15(18)21-17(19)22-16(13)23/h5-6H,7H2,1-4H3,(H2,19,21,22). The SMILES string of the molecule is COc1c(C)cnc(Cn2cc(C(C)=O)c3c(Cl)nc(N)nc32)c1C. The molecular formula is C17H18ClN5O2. The van der Waals surface area contributed by atoms with Crippen molar-refractivity contribution in [2.45, 2.75) is 27.3 Å². The number of hydrogen-bond donors (Lipinski definition) is 1. The maximum absolute atomic E-state index is 12.0. The summed E-state index contributed by atoms with van der Waals surface area (Å²) in [6, 6.07) is 0. The number of ether oxygens (including phenoxy) is 1. The fourth-order valence-electron chi connectivity index (χ4n) is 2.94. The van der Waals surface area contributed by atoms with Crippen molar-refractivity contribution in [2.24, 2.45) is 0 Å². The molecular weight excluding hydrogens is 342 g/mol. The van der Waals surface area contributed by atoms with Gasteiger partial charge < -0.3 is 15.0 Å². The van der Waals surface area contributed by atoms with Crippen LogP contribution in [0.15, 0.2) is 12.4 Å². The first-order valence-electron chi connectivity index (χ1n) is 7.65. The van der Waals surface area contributed by atoms with Crippen molar-refractivity contribution in [2.75, 3.05) is 12.8 Å². The molecule has 0 fully saturated rings. The van der Waals surface area contributed by atoms with Gasteiger partial charge >= 0.3 is 0 Å². The van der Waals surface area contributed by atoms with Gasteiger partial charge in [-0.05, 0) is 20.8 Å². The number of pyridine rings is 1. The number of fused-ring (bicyclic) bond motifs is 1. The fraction of sp³-hybridized carbons (Fsp3) is 0.294. The van der Waals surface area contributed by atoms with Crippen molar-refractivity contribution in [3.8, 4) is 5.75 Å². The highest BCUT2D eigenvalue weighted by Crippen LogP contribution is 2.29. The Hall–Kier alpha value is -2.67. The molecule has 0 aliphatic carbocycles. The largest absolute Gasteiger partial charge is 0.496 e. The number of methoxy groups -OCH3 is 1. The topological polar surface area (TPSA) is 95.9 Å². The Labute approximate surface area is 149 Å². The van der Waals surface area contributed by atoms with E-state index in [4.69, 9.17) is 22.1 Å². The molecule has 8 heteroatoms. The van der Waals surface area contributed by atoms with E-state index in [-0.39, 0.29) is 16.9 Å². The Kier molecular flexibility index (Phi) is 4.34. The maximum Gasteiger partial charge on any atom is 0.223 e. The predicted molar refractivity (Wildman–Crippen MR) is 96.3 cm³/mol. The molecule has 3 rings (SSSR count). The number of nitrogens with zero attached hydrogens (tertiary/aromatic N) is 4. The van der Waals surface area contributed by atoms with Crippen LogP contribution in [0.1, 0.15) is 34.1 Å². The van der Waals surface area contributed by atoms with E-state index in [0.717, 1.165) is 22.6 Å². The van der Waals surface area contributed by atoms with Gasteiger partial charge in [-0.2, -0.15) is 4.98 Å². The fourth-order valence-corrected chi connectivity index (χ4v) is 3.21. The summed E-state index contributed by atoms with van der Waals surface area (Å²) in [5.74, 6) is 0.726. The average Bonchev–Trinajstić information content (AvgIpc) is 2.90. The number of halogens is 1. The van der Waals surface area contributed by atoms with Gasteiger partial charge in [-0.1, -0.05) is 11.6 Å². The minimum absolute atomic E-state index is 0.0538. The van der Waals surface area contributed by atoms with Gasteiger partial charge in [0.2, 0.25) is 5.95 Å². The zero-order valence-electron chi connectivity index (χ0n) is 14.4. The molecule has 0 aliphatic rings. The Morgan fingerprint density at radius 1 is 1.36 bits per heavy atom. The van der Waals surface area contributed by atoms with E-state index in [1.165, 1.54) is 6.92 Å². The lowest BCUT2D eigenvalue weighted by Gasteiger charge is -2.13. The highest BCUT2D eigenvalue weighted by molar-refractivity contribution is 6.35. The average molecular weight is 360 g/mol. The Morgan fingerprint density at radius 2 is 2.08 bits per heavy atom. The number of anilines is 1. The first-order chi connectivity index (χ1) is 11.8. The van der Waals surface area contributed by atoms with Crippen LogP contribution < -0.4 is 10.5 Å². The smallest absolute Gasteiger partial charge is 0.223 e. The minimum atomic E-state index is -0.120. The molecule has 2 N–H and O–H groups in total. The number of Topliss-reactive ketones (excluding diaryl/α,β-unsaturated/α-hetero) is 1. The van der Waals surface area contributed by atoms with E-state index in [1.54, 1.807) is 24.1 Å². The number of nitrogen functional groups attached to an aromatic ring is 1. The molecule has 25 heavy (non-hydrogen) atoms. The van der Waals surface area contributed by atoms with Gasteiger partial charge in [-0.3, -0.25) is 9.78 Å². The van der Waals surface area contributed by atoms with Gasteiger partial charge in [0.25, 0.3) is 0 Å². The molecule has 0 spiro atoms. The summed E-state index contributed by atoms with van der Waals surface area (Å²) >= 11 is 6.20. The summed E-state index contributed by atoms with van der Waals surface area (Å²) in [5, 5.41) is 0.665. The number of carbonyl (C=O) groups excluding carboxylic acids is 1. The normalized spacial score (nSPS) is 11.1. The quantitative estimate of drug-likeness (QED) is 0.568. The summed E-state index contributed by atoms with van der Waals surface area (Å²) in [6.45, 7) is 5.76. The molecule has 130 valence electrons. The molecule has 3 heterocycles. The summed E-state index contributed by atoms with van der Waals surface area (Å²) < 4.78 is 7.26. The number of nitrogens with two attached hydrogens (primary N) is 1. The Morgan fingerprint density at radius 3 is 2.72 bits per heavy atom. The van der Waals surface area contributed by atoms with Gasteiger partial charge in [0.05, 0.1) is 24.7 Å². The minimum Gasteiger partial charge on any atom is -0.496 e. The molecule has 3 aromatic rings. The van der Waals surface area contributed by atoms with Crippen molar-refractivity contribution in [3.05, 3.63) is 39.9 Å². The molecule has 0 radical (unpaired) electrons. The van der Waals surface area contributed by atoms with Crippen LogP contribution in [0.5, 0.6) is 5.75 Å². The lowest BCUT2D eigenvalue weighted by molar-refractivity contribution is 0.101. The second-order valence-electron chi connectivity index (χ2n) is 5.84. The molecule has 0 aliphatic heterocycles. The highest BCUT2D eigenvalue weighted by Gasteiger charge is 2.19. The number of carbonyl (C=O) groups is 1. The summed E-state index contributed by atoms with van der Waals surface area (Å²) in [4.78, 5) is 24.7. The van der Waals surface area contributed by atoms with Crippen LogP contribution in [0.2, 0.25) is 5.15 Å². The first-order valence-corrected chi connectivity index (χ1v) is 8.03. The molecule has 0 aromatic carbocycles. The number of rotatable bonds is 4. The van der Waals surface area contributed by atoms with E-state index in [9.17, 15) is 4.79 Å². The van der Waals surface area contributed by atoms with E-state index in [0.29, 0.717) is 23.1 Å². The number of aryl methyl sites for hydroxylation is 1. The van der Waals surface area contributed by atoms with Crippen LogP contribution in [0.4, 0.5) is 5.95 Å². The Balaban J connectivity index is 2.19. The van der Waals surface area contributed by atoms with Crippen LogP contribution in [0.3, 0.4) is 0 Å².